The Morgan fingerprint density at radius 3 is 2.52 bits per heavy atom. The maximum Gasteiger partial charge on any atom is 0.417 e. The minimum Gasteiger partial charge on any atom is -0.423 e. The van der Waals surface area contributed by atoms with Crippen LogP contribution in [0.3, 0.4) is 0 Å². The summed E-state index contributed by atoms with van der Waals surface area (Å²) in [6, 6.07) is 4.49. The highest BCUT2D eigenvalue weighted by Crippen LogP contribution is 2.35. The van der Waals surface area contributed by atoms with E-state index < -0.39 is 17.4 Å². The molecule has 2 heterocycles. The van der Waals surface area contributed by atoms with Crippen molar-refractivity contribution in [2.24, 2.45) is 0 Å². The maximum absolute atomic E-state index is 13.0. The minimum atomic E-state index is -4.63. The molecule has 0 aliphatic carbocycles. The molecule has 5 nitrogen and oxygen atoms in total. The maximum atomic E-state index is 13.0. The van der Waals surface area contributed by atoms with Crippen molar-refractivity contribution >= 4 is 22.3 Å². The lowest BCUT2D eigenvalue weighted by molar-refractivity contribution is -0.136. The summed E-state index contributed by atoms with van der Waals surface area (Å²) < 4.78 is 48.9. The van der Waals surface area contributed by atoms with Crippen molar-refractivity contribution in [3.8, 4) is 0 Å². The van der Waals surface area contributed by atoms with Gasteiger partial charge in [-0.2, -0.15) is 13.2 Å². The van der Waals surface area contributed by atoms with Crippen LogP contribution in [0.15, 0.2) is 38.0 Å². The molecule has 8 heteroatoms. The molecule has 0 bridgehead atoms. The summed E-state index contributed by atoms with van der Waals surface area (Å²) in [7, 11) is 0. The number of anilines is 2. The van der Waals surface area contributed by atoms with E-state index in [1.54, 1.807) is 13.8 Å². The molecule has 0 radical (unpaired) electrons. The van der Waals surface area contributed by atoms with Crippen LogP contribution in [0.2, 0.25) is 0 Å². The highest BCUT2D eigenvalue weighted by molar-refractivity contribution is 5.85. The zero-order valence-corrected chi connectivity index (χ0v) is 12.1. The lowest BCUT2D eigenvalue weighted by Crippen LogP contribution is -2.11. The third kappa shape index (κ3) is 2.79. The number of fused-ring (bicyclic) bond motifs is 1. The van der Waals surface area contributed by atoms with Gasteiger partial charge in [-0.15, -0.1) is 0 Å². The minimum absolute atomic E-state index is 0.151. The number of aryl methyl sites for hydroxylation is 2. The lowest BCUT2D eigenvalue weighted by atomic mass is 10.1. The van der Waals surface area contributed by atoms with Gasteiger partial charge >= 0.3 is 11.8 Å². The monoisotopic (exact) mass is 324 g/mol. The first-order valence-corrected chi connectivity index (χ1v) is 6.61. The lowest BCUT2D eigenvalue weighted by Gasteiger charge is -2.11. The predicted molar refractivity (Wildman–Crippen MR) is 76.7 cm³/mol. The number of rotatable bonds is 2. The number of alkyl halides is 3. The SMILES string of the molecule is Cc1noc(C)c1Nc1ccc2c(C(F)(F)F)cc(=O)oc2c1. The van der Waals surface area contributed by atoms with Crippen LogP contribution in [-0.4, -0.2) is 5.16 Å². The topological polar surface area (TPSA) is 68.3 Å². The molecular formula is C15H11F3N2O3. The number of benzene rings is 1. The van der Waals surface area contributed by atoms with E-state index in [0.717, 1.165) is 0 Å². The molecule has 3 aromatic rings. The van der Waals surface area contributed by atoms with Gasteiger partial charge in [0.25, 0.3) is 0 Å². The number of nitrogens with one attached hydrogen (secondary N) is 1. The van der Waals surface area contributed by atoms with Gasteiger partial charge in [0.05, 0.1) is 5.56 Å². The average molecular weight is 324 g/mol. The number of hydrogen-bond donors (Lipinski definition) is 1. The van der Waals surface area contributed by atoms with Crippen molar-refractivity contribution in [3.63, 3.8) is 0 Å². The van der Waals surface area contributed by atoms with Crippen molar-refractivity contribution in [2.75, 3.05) is 5.32 Å². The molecule has 0 fully saturated rings. The largest absolute Gasteiger partial charge is 0.423 e. The molecule has 0 saturated carbocycles. The average Bonchev–Trinajstić information content (AvgIpc) is 2.77. The van der Waals surface area contributed by atoms with Crippen LogP contribution in [0.25, 0.3) is 11.0 Å². The fourth-order valence-corrected chi connectivity index (χ4v) is 2.28. The molecule has 0 amide bonds. The molecule has 1 aromatic carbocycles. The molecule has 2 aromatic heterocycles. The Hall–Kier alpha value is -2.77. The summed E-state index contributed by atoms with van der Waals surface area (Å²) in [5.74, 6) is 0.535. The fraction of sp³-hybridized carbons (Fsp3) is 0.200. The molecule has 0 spiro atoms. The van der Waals surface area contributed by atoms with Crippen molar-refractivity contribution in [1.29, 1.82) is 0 Å². The van der Waals surface area contributed by atoms with Gasteiger partial charge in [-0.05, 0) is 26.0 Å². The van der Waals surface area contributed by atoms with Gasteiger partial charge in [0.1, 0.15) is 17.0 Å². The smallest absolute Gasteiger partial charge is 0.417 e. The van der Waals surface area contributed by atoms with E-state index in [1.807, 2.05) is 0 Å². The van der Waals surface area contributed by atoms with E-state index in [0.29, 0.717) is 28.9 Å². The van der Waals surface area contributed by atoms with Crippen molar-refractivity contribution in [3.05, 3.63) is 51.7 Å². The van der Waals surface area contributed by atoms with Gasteiger partial charge in [0, 0.05) is 23.2 Å². The second-order valence-electron chi connectivity index (χ2n) is 5.01. The van der Waals surface area contributed by atoms with Gasteiger partial charge in [-0.25, -0.2) is 4.79 Å². The van der Waals surface area contributed by atoms with E-state index in [2.05, 4.69) is 10.5 Å². The Morgan fingerprint density at radius 1 is 1.17 bits per heavy atom. The van der Waals surface area contributed by atoms with Crippen LogP contribution in [0.5, 0.6) is 0 Å². The van der Waals surface area contributed by atoms with Crippen LogP contribution in [0.4, 0.5) is 24.5 Å². The molecule has 3 rings (SSSR count). The molecule has 0 saturated heterocycles. The first kappa shape index (κ1) is 15.1. The van der Waals surface area contributed by atoms with E-state index in [1.165, 1.54) is 18.2 Å². The molecule has 23 heavy (non-hydrogen) atoms. The zero-order valence-electron chi connectivity index (χ0n) is 12.1. The first-order chi connectivity index (χ1) is 10.8. The van der Waals surface area contributed by atoms with Gasteiger partial charge < -0.3 is 14.3 Å². The first-order valence-electron chi connectivity index (χ1n) is 6.61. The summed E-state index contributed by atoms with van der Waals surface area (Å²) >= 11 is 0. The van der Waals surface area contributed by atoms with E-state index in [4.69, 9.17) is 8.94 Å². The quantitative estimate of drug-likeness (QED) is 0.717. The standard InChI is InChI=1S/C15H11F3N2O3/c1-7-14(8(2)23-20-7)19-9-3-4-10-11(15(16,17)18)6-13(21)22-12(10)5-9/h3-6,19H,1-2H3. The second kappa shape index (κ2) is 5.15. The number of halogens is 3. The molecule has 0 aliphatic rings. The van der Waals surface area contributed by atoms with Crippen LogP contribution in [0, 0.1) is 13.8 Å². The van der Waals surface area contributed by atoms with Crippen LogP contribution >= 0.6 is 0 Å². The van der Waals surface area contributed by atoms with Crippen molar-refractivity contribution in [2.45, 2.75) is 20.0 Å². The van der Waals surface area contributed by atoms with Crippen LogP contribution in [-0.2, 0) is 6.18 Å². The van der Waals surface area contributed by atoms with Gasteiger partial charge in [-0.3, -0.25) is 0 Å². The molecule has 0 aliphatic heterocycles. The molecule has 1 N–H and O–H groups in total. The summed E-state index contributed by atoms with van der Waals surface area (Å²) in [5.41, 5.74) is -0.560. The highest BCUT2D eigenvalue weighted by atomic mass is 19.4. The van der Waals surface area contributed by atoms with Crippen molar-refractivity contribution in [1.82, 2.24) is 5.16 Å². The zero-order chi connectivity index (χ0) is 16.8. The predicted octanol–water partition coefficient (Wildman–Crippen LogP) is 4.16. The Kier molecular flexibility index (Phi) is 3.39. The van der Waals surface area contributed by atoms with Crippen LogP contribution < -0.4 is 10.9 Å². The molecule has 0 unspecified atom stereocenters. The van der Waals surface area contributed by atoms with E-state index >= 15 is 0 Å². The number of hydrogen-bond acceptors (Lipinski definition) is 5. The fourth-order valence-electron chi connectivity index (χ4n) is 2.28. The molecular weight excluding hydrogens is 313 g/mol. The van der Waals surface area contributed by atoms with E-state index in [9.17, 15) is 18.0 Å². The molecule has 0 atom stereocenters. The number of aromatic nitrogens is 1. The van der Waals surface area contributed by atoms with Gasteiger partial charge in [0.15, 0.2) is 5.76 Å². The van der Waals surface area contributed by atoms with Gasteiger partial charge in [-0.1, -0.05) is 5.16 Å². The summed E-state index contributed by atoms with van der Waals surface area (Å²) in [6.07, 6.45) is -4.63. The highest BCUT2D eigenvalue weighted by Gasteiger charge is 2.33. The summed E-state index contributed by atoms with van der Waals surface area (Å²) in [4.78, 5) is 11.4. The summed E-state index contributed by atoms with van der Waals surface area (Å²) in [5, 5.41) is 6.59. The van der Waals surface area contributed by atoms with Crippen LogP contribution in [0.1, 0.15) is 17.0 Å². The summed E-state index contributed by atoms with van der Waals surface area (Å²) in [6.45, 7) is 3.42. The third-order valence-corrected chi connectivity index (χ3v) is 3.35. The second-order valence-corrected chi connectivity index (χ2v) is 5.01. The number of nitrogens with zero attached hydrogens (tertiary/aromatic N) is 1. The van der Waals surface area contributed by atoms with E-state index in [-0.39, 0.29) is 11.0 Å². The Bertz CT molecular complexity index is 922. The van der Waals surface area contributed by atoms with Crippen molar-refractivity contribution < 1.29 is 22.1 Å². The Morgan fingerprint density at radius 2 is 1.91 bits per heavy atom. The Labute approximate surface area is 127 Å². The van der Waals surface area contributed by atoms with Gasteiger partial charge in [0.2, 0.25) is 0 Å². The normalized spacial score (nSPS) is 11.9. The third-order valence-electron chi connectivity index (χ3n) is 3.35. The Balaban J connectivity index is 2.11. The molecule has 120 valence electrons.